The smallest absolute Gasteiger partial charge is 0.224 e. The highest BCUT2D eigenvalue weighted by molar-refractivity contribution is 5.90. The maximum Gasteiger partial charge on any atom is 0.224 e. The van der Waals surface area contributed by atoms with E-state index < -0.39 is 0 Å². The summed E-state index contributed by atoms with van der Waals surface area (Å²) in [6, 6.07) is 7.81. The van der Waals surface area contributed by atoms with Gasteiger partial charge in [-0.25, -0.2) is 0 Å². The predicted molar refractivity (Wildman–Crippen MR) is 82.7 cm³/mol. The van der Waals surface area contributed by atoms with Gasteiger partial charge in [0.15, 0.2) is 0 Å². The van der Waals surface area contributed by atoms with E-state index in [0.717, 1.165) is 31.4 Å². The maximum absolute atomic E-state index is 11.7. The van der Waals surface area contributed by atoms with Gasteiger partial charge in [-0.3, -0.25) is 9.59 Å². The van der Waals surface area contributed by atoms with Gasteiger partial charge in [0.1, 0.15) is 5.78 Å². The number of rotatable bonds is 8. The molecule has 3 heteroatoms. The molecule has 0 aromatic heterocycles. The van der Waals surface area contributed by atoms with Crippen molar-refractivity contribution in [3.8, 4) is 0 Å². The largest absolute Gasteiger partial charge is 0.326 e. The van der Waals surface area contributed by atoms with E-state index in [0.29, 0.717) is 6.42 Å². The Morgan fingerprint density at radius 2 is 1.75 bits per heavy atom. The molecule has 110 valence electrons. The number of carbonyl (C=O) groups is 2. The molecule has 1 aromatic rings. The zero-order valence-corrected chi connectivity index (χ0v) is 12.7. The maximum atomic E-state index is 11.7. The van der Waals surface area contributed by atoms with Gasteiger partial charge in [0.2, 0.25) is 5.91 Å². The third-order valence-corrected chi connectivity index (χ3v) is 3.57. The van der Waals surface area contributed by atoms with Gasteiger partial charge in [0.25, 0.3) is 0 Å². The fourth-order valence-electron chi connectivity index (χ4n) is 1.98. The molecule has 1 rings (SSSR count). The van der Waals surface area contributed by atoms with Gasteiger partial charge in [-0.1, -0.05) is 37.5 Å². The predicted octanol–water partition coefficient (Wildman–Crippen LogP) is 4.11. The molecule has 3 nitrogen and oxygen atoms in total. The summed E-state index contributed by atoms with van der Waals surface area (Å²) in [4.78, 5) is 22.8. The number of hydrogen-bond donors (Lipinski definition) is 1. The lowest BCUT2D eigenvalue weighted by molar-refractivity contribution is -0.120. The van der Waals surface area contributed by atoms with E-state index in [9.17, 15) is 9.59 Å². The van der Waals surface area contributed by atoms with Gasteiger partial charge < -0.3 is 5.32 Å². The molecule has 0 aliphatic heterocycles. The molecule has 1 amide bonds. The molecule has 1 atom stereocenters. The lowest BCUT2D eigenvalue weighted by Crippen LogP contribution is -2.11. The van der Waals surface area contributed by atoms with Crippen molar-refractivity contribution in [1.29, 1.82) is 0 Å². The second kappa shape index (κ2) is 8.51. The first kappa shape index (κ1) is 16.4. The Morgan fingerprint density at radius 1 is 1.10 bits per heavy atom. The number of unbranched alkanes of at least 4 members (excludes halogenated alkanes) is 2. The summed E-state index contributed by atoms with van der Waals surface area (Å²) in [7, 11) is 0. The average Bonchev–Trinajstić information content (AvgIpc) is 2.40. The summed E-state index contributed by atoms with van der Waals surface area (Å²) in [5, 5.41) is 2.89. The number of Topliss-reactive ketones (excluding diaryl/α,β-unsaturated/α-hetero) is 1. The molecule has 0 bridgehead atoms. The molecular weight excluding hydrogens is 250 g/mol. The summed E-state index contributed by atoms with van der Waals surface area (Å²) in [6.45, 7) is 5.62. The molecular formula is C17H25NO2. The molecule has 1 aromatic carbocycles. The Balaban J connectivity index is 2.14. The zero-order valence-electron chi connectivity index (χ0n) is 12.7. The van der Waals surface area contributed by atoms with Crippen LogP contribution >= 0.6 is 0 Å². The highest BCUT2D eigenvalue weighted by atomic mass is 16.1. The van der Waals surface area contributed by atoms with E-state index in [2.05, 4.69) is 5.32 Å². The fourth-order valence-corrected chi connectivity index (χ4v) is 1.98. The van der Waals surface area contributed by atoms with Crippen LogP contribution in [0.3, 0.4) is 0 Å². The van der Waals surface area contributed by atoms with Crippen LogP contribution in [0.1, 0.15) is 51.5 Å². The van der Waals surface area contributed by atoms with Crippen LogP contribution in [0.25, 0.3) is 0 Å². The highest BCUT2D eigenvalue weighted by Crippen LogP contribution is 2.13. The molecule has 1 unspecified atom stereocenters. The number of carbonyl (C=O) groups excluding carboxylic acids is 2. The molecule has 1 N–H and O–H groups in total. The summed E-state index contributed by atoms with van der Waals surface area (Å²) >= 11 is 0. The molecule has 0 saturated carbocycles. The van der Waals surface area contributed by atoms with Crippen LogP contribution in [0.4, 0.5) is 5.69 Å². The van der Waals surface area contributed by atoms with Crippen molar-refractivity contribution in [2.45, 2.75) is 52.9 Å². The van der Waals surface area contributed by atoms with Gasteiger partial charge in [0, 0.05) is 18.0 Å². The van der Waals surface area contributed by atoms with Crippen LogP contribution < -0.4 is 5.32 Å². The van der Waals surface area contributed by atoms with Gasteiger partial charge >= 0.3 is 0 Å². The van der Waals surface area contributed by atoms with E-state index >= 15 is 0 Å². The molecule has 0 spiro atoms. The summed E-state index contributed by atoms with van der Waals surface area (Å²) in [5.41, 5.74) is 2.04. The Labute approximate surface area is 121 Å². The average molecular weight is 275 g/mol. The fraction of sp³-hybridized carbons (Fsp3) is 0.529. The van der Waals surface area contributed by atoms with Crippen LogP contribution in [0.2, 0.25) is 0 Å². The first-order valence-electron chi connectivity index (χ1n) is 7.36. The van der Waals surface area contributed by atoms with E-state index in [1.807, 2.05) is 38.1 Å². The lowest BCUT2D eigenvalue weighted by atomic mass is 9.99. The molecule has 0 aliphatic rings. The third kappa shape index (κ3) is 6.50. The van der Waals surface area contributed by atoms with Gasteiger partial charge in [-0.05, 0) is 38.8 Å². The first-order valence-corrected chi connectivity index (χ1v) is 7.36. The first-order chi connectivity index (χ1) is 9.49. The number of anilines is 1. The SMILES string of the molecule is CC(=O)C(C)CCCCCC(=O)Nc1ccc(C)cc1. The Kier molecular flexibility index (Phi) is 6.99. The molecule has 0 aliphatic carbocycles. The topological polar surface area (TPSA) is 46.2 Å². The van der Waals surface area contributed by atoms with Crippen molar-refractivity contribution in [3.05, 3.63) is 29.8 Å². The van der Waals surface area contributed by atoms with Crippen LogP contribution in [-0.4, -0.2) is 11.7 Å². The van der Waals surface area contributed by atoms with Crippen molar-refractivity contribution >= 4 is 17.4 Å². The number of nitrogens with one attached hydrogen (secondary N) is 1. The summed E-state index contributed by atoms with van der Waals surface area (Å²) in [5.74, 6) is 0.465. The summed E-state index contributed by atoms with van der Waals surface area (Å²) < 4.78 is 0. The van der Waals surface area contributed by atoms with E-state index in [1.54, 1.807) is 6.92 Å². The lowest BCUT2D eigenvalue weighted by Gasteiger charge is -2.07. The van der Waals surface area contributed by atoms with Crippen molar-refractivity contribution in [2.24, 2.45) is 5.92 Å². The Bertz CT molecular complexity index is 437. The monoisotopic (exact) mass is 275 g/mol. The zero-order chi connectivity index (χ0) is 15.0. The molecule has 20 heavy (non-hydrogen) atoms. The van der Waals surface area contributed by atoms with Crippen molar-refractivity contribution in [3.63, 3.8) is 0 Å². The number of amides is 1. The van der Waals surface area contributed by atoms with Crippen LogP contribution in [0.15, 0.2) is 24.3 Å². The van der Waals surface area contributed by atoms with Gasteiger partial charge in [0.05, 0.1) is 0 Å². The number of aryl methyl sites for hydroxylation is 1. The van der Waals surface area contributed by atoms with E-state index in [4.69, 9.17) is 0 Å². The normalized spacial score (nSPS) is 11.9. The number of benzene rings is 1. The van der Waals surface area contributed by atoms with E-state index in [1.165, 1.54) is 5.56 Å². The Morgan fingerprint density at radius 3 is 2.35 bits per heavy atom. The molecule has 0 saturated heterocycles. The van der Waals surface area contributed by atoms with Gasteiger partial charge in [-0.2, -0.15) is 0 Å². The van der Waals surface area contributed by atoms with E-state index in [-0.39, 0.29) is 17.6 Å². The molecule has 0 heterocycles. The molecule has 0 radical (unpaired) electrons. The van der Waals surface area contributed by atoms with Crippen LogP contribution in [0.5, 0.6) is 0 Å². The number of hydrogen-bond acceptors (Lipinski definition) is 2. The number of ketones is 1. The summed E-state index contributed by atoms with van der Waals surface area (Å²) in [6.07, 6.45) is 4.36. The van der Waals surface area contributed by atoms with Crippen molar-refractivity contribution in [2.75, 3.05) is 5.32 Å². The van der Waals surface area contributed by atoms with Crippen molar-refractivity contribution in [1.82, 2.24) is 0 Å². The highest BCUT2D eigenvalue weighted by Gasteiger charge is 2.07. The minimum Gasteiger partial charge on any atom is -0.326 e. The second-order valence-corrected chi connectivity index (χ2v) is 5.53. The van der Waals surface area contributed by atoms with Gasteiger partial charge in [-0.15, -0.1) is 0 Å². The van der Waals surface area contributed by atoms with Crippen molar-refractivity contribution < 1.29 is 9.59 Å². The quantitative estimate of drug-likeness (QED) is 0.726. The second-order valence-electron chi connectivity index (χ2n) is 5.53. The Hall–Kier alpha value is -1.64. The minimum absolute atomic E-state index is 0.0634. The standard InChI is InChI=1S/C17H25NO2/c1-13-9-11-16(12-10-13)18-17(20)8-6-4-5-7-14(2)15(3)19/h9-12,14H,4-8H2,1-3H3,(H,18,20). The van der Waals surface area contributed by atoms with Crippen LogP contribution in [0, 0.1) is 12.8 Å². The third-order valence-electron chi connectivity index (χ3n) is 3.57. The minimum atomic E-state index is 0.0634. The van der Waals surface area contributed by atoms with Crippen LogP contribution in [-0.2, 0) is 9.59 Å². The molecule has 0 fully saturated rings.